The summed E-state index contributed by atoms with van der Waals surface area (Å²) in [4.78, 5) is 11.3. The molecule has 1 unspecified atom stereocenters. The number of ether oxygens (including phenoxy) is 1. The fourth-order valence-electron chi connectivity index (χ4n) is 5.03. The summed E-state index contributed by atoms with van der Waals surface area (Å²) >= 11 is 0. The lowest BCUT2D eigenvalue weighted by Crippen LogP contribution is -2.58. The first-order chi connectivity index (χ1) is 18.1. The van der Waals surface area contributed by atoms with E-state index in [0.29, 0.717) is 11.9 Å². The van der Waals surface area contributed by atoms with Crippen molar-refractivity contribution in [1.29, 1.82) is 5.41 Å². The number of fused-ring (bicyclic) bond motifs is 1. The third-order valence-corrected chi connectivity index (χ3v) is 7.19. The number of rotatable bonds is 7. The van der Waals surface area contributed by atoms with Crippen LogP contribution in [0.3, 0.4) is 0 Å². The number of anilines is 3. The van der Waals surface area contributed by atoms with Crippen LogP contribution in [-0.2, 0) is 4.74 Å². The third kappa shape index (κ3) is 6.08. The Kier molecular flexibility index (Phi) is 7.96. The van der Waals surface area contributed by atoms with E-state index in [9.17, 15) is 0 Å². The Morgan fingerprint density at radius 3 is 2.70 bits per heavy atom. The quantitative estimate of drug-likeness (QED) is 0.331. The molecule has 10 nitrogen and oxygen atoms in total. The largest absolute Gasteiger partial charge is 0.379 e. The van der Waals surface area contributed by atoms with Crippen molar-refractivity contribution in [3.8, 4) is 0 Å². The lowest BCUT2D eigenvalue weighted by Gasteiger charge is -2.44. The summed E-state index contributed by atoms with van der Waals surface area (Å²) in [6, 6.07) is 14.2. The minimum absolute atomic E-state index is 0.176. The van der Waals surface area contributed by atoms with Crippen LogP contribution in [-0.4, -0.2) is 96.0 Å². The Morgan fingerprint density at radius 1 is 1.05 bits per heavy atom. The summed E-state index contributed by atoms with van der Waals surface area (Å²) in [6.07, 6.45) is 1.79. The Hall–Kier alpha value is -3.50. The molecule has 0 amide bonds. The van der Waals surface area contributed by atoms with Crippen LogP contribution in [0.1, 0.15) is 13.8 Å². The van der Waals surface area contributed by atoms with Crippen LogP contribution < -0.4 is 15.5 Å². The standard InChI is InChI=1S/C27H37N9O/c1-20(2)24-19-35(26-9-8-25(32-33-26)30-11-12-34-15-17-37-18-16-34)13-14-36(24)27(28)31-23-7-3-6-22-21(23)5-4-10-29-22/h3-10,20,24H,11-19H2,1-2H3,(H2,28,31)(H,30,32). The molecule has 37 heavy (non-hydrogen) atoms. The topological polar surface area (TPSA) is 106 Å². The molecule has 3 N–H and O–H groups in total. The van der Waals surface area contributed by atoms with Crippen molar-refractivity contribution >= 4 is 34.2 Å². The number of aromatic nitrogens is 3. The van der Waals surface area contributed by atoms with Gasteiger partial charge in [-0.3, -0.25) is 15.3 Å². The average molecular weight is 504 g/mol. The van der Waals surface area contributed by atoms with E-state index in [-0.39, 0.29) is 6.04 Å². The molecule has 2 fully saturated rings. The van der Waals surface area contributed by atoms with Crippen molar-refractivity contribution < 1.29 is 4.74 Å². The number of hydrogen-bond donors (Lipinski definition) is 3. The Labute approximate surface area is 218 Å². The molecule has 0 radical (unpaired) electrons. The van der Waals surface area contributed by atoms with E-state index in [1.807, 2.05) is 42.5 Å². The SMILES string of the molecule is CC(C)C1CN(c2ccc(NCCN3CCOCC3)nn2)CCN1C(=N)Nc1cccc2ncccc12. The molecule has 1 atom stereocenters. The highest BCUT2D eigenvalue weighted by Crippen LogP contribution is 2.25. The number of pyridine rings is 1. The van der Waals surface area contributed by atoms with Crippen LogP contribution >= 0.6 is 0 Å². The number of hydrogen-bond acceptors (Lipinski definition) is 8. The van der Waals surface area contributed by atoms with Gasteiger partial charge in [-0.05, 0) is 42.3 Å². The van der Waals surface area contributed by atoms with E-state index in [1.54, 1.807) is 6.20 Å². The second-order valence-corrected chi connectivity index (χ2v) is 9.96. The van der Waals surface area contributed by atoms with Gasteiger partial charge in [0.15, 0.2) is 11.8 Å². The molecular weight excluding hydrogens is 466 g/mol. The van der Waals surface area contributed by atoms with Crippen LogP contribution in [0.15, 0.2) is 48.7 Å². The number of morpholine rings is 1. The van der Waals surface area contributed by atoms with Crippen LogP contribution in [0, 0.1) is 11.3 Å². The zero-order chi connectivity index (χ0) is 25.6. The van der Waals surface area contributed by atoms with Gasteiger partial charge in [0, 0.05) is 57.4 Å². The molecular formula is C27H37N9O. The highest BCUT2D eigenvalue weighted by atomic mass is 16.5. The lowest BCUT2D eigenvalue weighted by atomic mass is 9.99. The van der Waals surface area contributed by atoms with E-state index in [2.05, 4.69) is 54.4 Å². The van der Waals surface area contributed by atoms with Gasteiger partial charge in [-0.2, -0.15) is 0 Å². The first kappa shape index (κ1) is 25.2. The van der Waals surface area contributed by atoms with Gasteiger partial charge < -0.3 is 25.2 Å². The molecule has 10 heteroatoms. The minimum Gasteiger partial charge on any atom is -0.379 e. The summed E-state index contributed by atoms with van der Waals surface area (Å²) in [5.41, 5.74) is 1.83. The van der Waals surface area contributed by atoms with Gasteiger partial charge in [0.05, 0.1) is 30.5 Å². The predicted octanol–water partition coefficient (Wildman–Crippen LogP) is 2.96. The highest BCUT2D eigenvalue weighted by Gasteiger charge is 2.32. The maximum atomic E-state index is 8.89. The van der Waals surface area contributed by atoms with E-state index >= 15 is 0 Å². The molecule has 2 aliphatic rings. The van der Waals surface area contributed by atoms with Crippen LogP contribution in [0.25, 0.3) is 10.9 Å². The van der Waals surface area contributed by atoms with Gasteiger partial charge in [0.25, 0.3) is 0 Å². The summed E-state index contributed by atoms with van der Waals surface area (Å²) in [7, 11) is 0. The zero-order valence-electron chi connectivity index (χ0n) is 21.7. The number of benzene rings is 1. The first-order valence-corrected chi connectivity index (χ1v) is 13.2. The van der Waals surface area contributed by atoms with E-state index < -0.39 is 0 Å². The predicted molar refractivity (Wildman–Crippen MR) is 148 cm³/mol. The normalized spacial score (nSPS) is 18.8. The van der Waals surface area contributed by atoms with Gasteiger partial charge in [-0.1, -0.05) is 19.9 Å². The van der Waals surface area contributed by atoms with Crippen molar-refractivity contribution in [2.24, 2.45) is 5.92 Å². The molecule has 0 saturated carbocycles. The molecule has 1 aromatic carbocycles. The number of guanidine groups is 1. The molecule has 5 rings (SSSR count). The maximum Gasteiger partial charge on any atom is 0.195 e. The van der Waals surface area contributed by atoms with Crippen molar-refractivity contribution in [2.75, 3.05) is 74.6 Å². The summed E-state index contributed by atoms with van der Waals surface area (Å²) in [6.45, 7) is 12.1. The van der Waals surface area contributed by atoms with Gasteiger partial charge >= 0.3 is 0 Å². The van der Waals surface area contributed by atoms with Gasteiger partial charge in [0.2, 0.25) is 0 Å². The van der Waals surface area contributed by atoms with E-state index in [1.165, 1.54) is 0 Å². The lowest BCUT2D eigenvalue weighted by molar-refractivity contribution is 0.0398. The molecule has 2 aliphatic heterocycles. The van der Waals surface area contributed by atoms with Crippen molar-refractivity contribution in [3.05, 3.63) is 48.7 Å². The number of nitrogens with zero attached hydrogens (tertiary/aromatic N) is 6. The molecule has 196 valence electrons. The van der Waals surface area contributed by atoms with Gasteiger partial charge in [0.1, 0.15) is 5.82 Å². The zero-order valence-corrected chi connectivity index (χ0v) is 21.7. The van der Waals surface area contributed by atoms with Crippen LogP contribution in [0.2, 0.25) is 0 Å². The Bertz CT molecular complexity index is 1170. The Morgan fingerprint density at radius 2 is 1.92 bits per heavy atom. The third-order valence-electron chi connectivity index (χ3n) is 7.19. The summed E-state index contributed by atoms with van der Waals surface area (Å²) in [5, 5.41) is 25.6. The molecule has 4 heterocycles. The summed E-state index contributed by atoms with van der Waals surface area (Å²) in [5.74, 6) is 2.46. The smallest absolute Gasteiger partial charge is 0.195 e. The average Bonchev–Trinajstić information content (AvgIpc) is 2.94. The second kappa shape index (κ2) is 11.7. The minimum atomic E-state index is 0.176. The van der Waals surface area contributed by atoms with E-state index in [4.69, 9.17) is 10.1 Å². The number of nitrogens with one attached hydrogen (secondary N) is 3. The monoisotopic (exact) mass is 503 g/mol. The van der Waals surface area contributed by atoms with Crippen molar-refractivity contribution in [2.45, 2.75) is 19.9 Å². The molecule has 2 aromatic heterocycles. The fourth-order valence-corrected chi connectivity index (χ4v) is 5.03. The van der Waals surface area contributed by atoms with Crippen LogP contribution in [0.5, 0.6) is 0 Å². The highest BCUT2D eigenvalue weighted by molar-refractivity contribution is 6.01. The van der Waals surface area contributed by atoms with E-state index in [0.717, 1.165) is 87.3 Å². The summed E-state index contributed by atoms with van der Waals surface area (Å²) < 4.78 is 5.41. The number of piperazine rings is 1. The molecule has 3 aromatic rings. The van der Waals surface area contributed by atoms with Crippen molar-refractivity contribution in [1.82, 2.24) is 25.0 Å². The fraction of sp³-hybridized carbons (Fsp3) is 0.481. The van der Waals surface area contributed by atoms with Gasteiger partial charge in [-0.15, -0.1) is 10.2 Å². The molecule has 0 bridgehead atoms. The maximum absolute atomic E-state index is 8.89. The Balaban J connectivity index is 1.18. The molecule has 2 saturated heterocycles. The van der Waals surface area contributed by atoms with Crippen molar-refractivity contribution in [3.63, 3.8) is 0 Å². The first-order valence-electron chi connectivity index (χ1n) is 13.2. The molecule has 0 spiro atoms. The van der Waals surface area contributed by atoms with Gasteiger partial charge in [-0.25, -0.2) is 0 Å². The molecule has 0 aliphatic carbocycles. The van der Waals surface area contributed by atoms with Crippen LogP contribution in [0.4, 0.5) is 17.3 Å². The second-order valence-electron chi connectivity index (χ2n) is 9.96.